The Hall–Kier alpha value is -1.68. The minimum Gasteiger partial charge on any atom is -0.224 e. The van der Waals surface area contributed by atoms with Crippen molar-refractivity contribution in [3.63, 3.8) is 0 Å². The number of rotatable bonds is 2. The first-order chi connectivity index (χ1) is 7.97. The van der Waals surface area contributed by atoms with E-state index in [4.69, 9.17) is 0 Å². The Bertz CT molecular complexity index is 631. The topological polar surface area (TPSA) is 34.1 Å². The highest BCUT2D eigenvalue weighted by molar-refractivity contribution is 7.90. The second-order valence-corrected chi connectivity index (χ2v) is 5.82. The second-order valence-electron chi connectivity index (χ2n) is 3.81. The molecule has 0 fully saturated rings. The van der Waals surface area contributed by atoms with Crippen molar-refractivity contribution in [1.29, 1.82) is 0 Å². The van der Waals surface area contributed by atoms with E-state index in [1.165, 1.54) is 12.1 Å². The van der Waals surface area contributed by atoms with E-state index in [1.807, 2.05) is 0 Å². The summed E-state index contributed by atoms with van der Waals surface area (Å²) in [5.41, 5.74) is 1.55. The highest BCUT2D eigenvalue weighted by Gasteiger charge is 2.08. The van der Waals surface area contributed by atoms with E-state index in [-0.39, 0.29) is 10.7 Å². The molecule has 2 aromatic rings. The minimum absolute atomic E-state index is 0.263. The maximum atomic E-state index is 12.8. The summed E-state index contributed by atoms with van der Waals surface area (Å²) < 4.78 is 35.6. The van der Waals surface area contributed by atoms with E-state index < -0.39 is 9.84 Å². The Kier molecular flexibility index (Phi) is 2.98. The van der Waals surface area contributed by atoms with E-state index >= 15 is 0 Å². The molecule has 0 saturated carbocycles. The average Bonchev–Trinajstić information content (AvgIpc) is 2.29. The molecule has 0 aliphatic heterocycles. The average molecular weight is 250 g/mol. The number of sulfone groups is 1. The van der Waals surface area contributed by atoms with Crippen molar-refractivity contribution in [3.8, 4) is 11.1 Å². The smallest absolute Gasteiger partial charge is 0.175 e. The van der Waals surface area contributed by atoms with Crippen LogP contribution in [0.4, 0.5) is 4.39 Å². The largest absolute Gasteiger partial charge is 0.224 e. The standard InChI is InChI=1S/C13H11FO2S/c1-17(15,16)13-4-2-3-11(9-13)10-5-7-12(14)8-6-10/h2-9H,1H3. The summed E-state index contributed by atoms with van der Waals surface area (Å²) >= 11 is 0. The number of halogens is 1. The van der Waals surface area contributed by atoms with Crippen molar-refractivity contribution >= 4 is 9.84 Å². The van der Waals surface area contributed by atoms with E-state index in [0.29, 0.717) is 0 Å². The predicted octanol–water partition coefficient (Wildman–Crippen LogP) is 2.90. The summed E-state index contributed by atoms with van der Waals surface area (Å²) in [5.74, 6) is -0.312. The molecule has 88 valence electrons. The molecular weight excluding hydrogens is 239 g/mol. The molecule has 0 aromatic heterocycles. The van der Waals surface area contributed by atoms with Gasteiger partial charge >= 0.3 is 0 Å². The van der Waals surface area contributed by atoms with Gasteiger partial charge in [-0.1, -0.05) is 24.3 Å². The molecule has 0 amide bonds. The molecule has 0 aliphatic rings. The zero-order valence-electron chi connectivity index (χ0n) is 9.22. The minimum atomic E-state index is -3.22. The SMILES string of the molecule is CS(=O)(=O)c1cccc(-c2ccc(F)cc2)c1. The van der Waals surface area contributed by atoms with Crippen LogP contribution in [0.1, 0.15) is 0 Å². The lowest BCUT2D eigenvalue weighted by atomic mass is 10.1. The van der Waals surface area contributed by atoms with Gasteiger partial charge in [-0.25, -0.2) is 12.8 Å². The van der Waals surface area contributed by atoms with Gasteiger partial charge < -0.3 is 0 Å². The lowest BCUT2D eigenvalue weighted by Gasteiger charge is -2.04. The molecule has 4 heteroatoms. The Morgan fingerprint density at radius 2 is 1.59 bits per heavy atom. The number of hydrogen-bond acceptors (Lipinski definition) is 2. The van der Waals surface area contributed by atoms with Crippen molar-refractivity contribution in [1.82, 2.24) is 0 Å². The first-order valence-electron chi connectivity index (χ1n) is 5.03. The zero-order valence-corrected chi connectivity index (χ0v) is 10.0. The third-order valence-electron chi connectivity index (χ3n) is 2.44. The van der Waals surface area contributed by atoms with Gasteiger partial charge in [0.2, 0.25) is 0 Å². The molecule has 0 spiro atoms. The highest BCUT2D eigenvalue weighted by atomic mass is 32.2. The fourth-order valence-electron chi connectivity index (χ4n) is 1.55. The summed E-state index contributed by atoms with van der Waals surface area (Å²) in [6.07, 6.45) is 1.16. The van der Waals surface area contributed by atoms with Gasteiger partial charge in [0.25, 0.3) is 0 Å². The molecule has 0 N–H and O–H groups in total. The third-order valence-corrected chi connectivity index (χ3v) is 3.55. The predicted molar refractivity (Wildman–Crippen MR) is 64.9 cm³/mol. The van der Waals surface area contributed by atoms with Crippen molar-refractivity contribution in [2.45, 2.75) is 4.90 Å². The zero-order chi connectivity index (χ0) is 12.5. The van der Waals surface area contributed by atoms with E-state index in [0.717, 1.165) is 17.4 Å². The Balaban J connectivity index is 2.50. The number of benzene rings is 2. The van der Waals surface area contributed by atoms with Crippen LogP contribution >= 0.6 is 0 Å². The van der Waals surface area contributed by atoms with E-state index in [2.05, 4.69) is 0 Å². The molecule has 0 saturated heterocycles. The van der Waals surface area contributed by atoms with Gasteiger partial charge in [-0.05, 0) is 35.4 Å². The molecule has 2 rings (SSSR count). The molecule has 2 aromatic carbocycles. The van der Waals surface area contributed by atoms with Crippen LogP contribution in [0.15, 0.2) is 53.4 Å². The Morgan fingerprint density at radius 3 is 2.18 bits per heavy atom. The van der Waals surface area contributed by atoms with Crippen molar-refractivity contribution in [2.24, 2.45) is 0 Å². The van der Waals surface area contributed by atoms with Gasteiger partial charge in [-0.2, -0.15) is 0 Å². The lowest BCUT2D eigenvalue weighted by Crippen LogP contribution is -1.96. The first-order valence-corrected chi connectivity index (χ1v) is 6.92. The molecular formula is C13H11FO2S. The molecule has 0 aliphatic carbocycles. The maximum absolute atomic E-state index is 12.8. The van der Waals surface area contributed by atoms with Crippen molar-refractivity contribution in [3.05, 3.63) is 54.3 Å². The van der Waals surface area contributed by atoms with Gasteiger partial charge in [0.05, 0.1) is 4.90 Å². The van der Waals surface area contributed by atoms with Crippen molar-refractivity contribution in [2.75, 3.05) is 6.26 Å². The van der Waals surface area contributed by atoms with Gasteiger partial charge in [0.15, 0.2) is 9.84 Å². The summed E-state index contributed by atoms with van der Waals surface area (Å²) in [6, 6.07) is 12.5. The van der Waals surface area contributed by atoms with Crippen LogP contribution in [0.2, 0.25) is 0 Å². The van der Waals surface area contributed by atoms with Crippen LogP contribution in [-0.4, -0.2) is 14.7 Å². The molecule has 0 bridgehead atoms. The van der Waals surface area contributed by atoms with Gasteiger partial charge in [-0.3, -0.25) is 0 Å². The second kappa shape index (κ2) is 4.30. The molecule has 0 heterocycles. The monoisotopic (exact) mass is 250 g/mol. The van der Waals surface area contributed by atoms with Crippen LogP contribution < -0.4 is 0 Å². The molecule has 0 unspecified atom stereocenters. The van der Waals surface area contributed by atoms with Crippen molar-refractivity contribution < 1.29 is 12.8 Å². The molecule has 2 nitrogen and oxygen atoms in total. The summed E-state index contributed by atoms with van der Waals surface area (Å²) in [5, 5.41) is 0. The van der Waals surface area contributed by atoms with Crippen LogP contribution in [0.3, 0.4) is 0 Å². The summed E-state index contributed by atoms with van der Waals surface area (Å²) in [4.78, 5) is 0.263. The Morgan fingerprint density at radius 1 is 0.941 bits per heavy atom. The third kappa shape index (κ3) is 2.71. The molecule has 17 heavy (non-hydrogen) atoms. The van der Waals surface area contributed by atoms with Gasteiger partial charge in [0, 0.05) is 6.26 Å². The fourth-order valence-corrected chi connectivity index (χ4v) is 2.22. The van der Waals surface area contributed by atoms with Crippen LogP contribution in [0.25, 0.3) is 11.1 Å². The number of hydrogen-bond donors (Lipinski definition) is 0. The van der Waals surface area contributed by atoms with E-state index in [9.17, 15) is 12.8 Å². The highest BCUT2D eigenvalue weighted by Crippen LogP contribution is 2.22. The first kappa shape index (κ1) is 11.8. The molecule has 0 radical (unpaired) electrons. The lowest BCUT2D eigenvalue weighted by molar-refractivity contribution is 0.602. The van der Waals surface area contributed by atoms with Gasteiger partial charge in [0.1, 0.15) is 5.82 Å². The van der Waals surface area contributed by atoms with Gasteiger partial charge in [-0.15, -0.1) is 0 Å². The summed E-state index contributed by atoms with van der Waals surface area (Å²) in [7, 11) is -3.22. The van der Waals surface area contributed by atoms with E-state index in [1.54, 1.807) is 36.4 Å². The van der Waals surface area contributed by atoms with Crippen LogP contribution in [0, 0.1) is 5.82 Å². The quantitative estimate of drug-likeness (QED) is 0.821. The van der Waals surface area contributed by atoms with Crippen LogP contribution in [-0.2, 0) is 9.84 Å². The molecule has 0 atom stereocenters. The van der Waals surface area contributed by atoms with Crippen LogP contribution in [0.5, 0.6) is 0 Å². The fraction of sp³-hybridized carbons (Fsp3) is 0.0769. The Labute approximate surface area is 99.6 Å². The summed E-state index contributed by atoms with van der Waals surface area (Å²) in [6.45, 7) is 0. The maximum Gasteiger partial charge on any atom is 0.175 e. The normalized spacial score (nSPS) is 11.4.